The summed E-state index contributed by atoms with van der Waals surface area (Å²) in [5, 5.41) is 11.4. The minimum atomic E-state index is -3.70. The number of hydrogen-bond acceptors (Lipinski definition) is 5. The minimum absolute atomic E-state index is 0.0952. The molecule has 1 aliphatic carbocycles. The zero-order valence-corrected chi connectivity index (χ0v) is 15.7. The Labute approximate surface area is 149 Å². The first-order chi connectivity index (χ1) is 11.5. The molecule has 8 heteroatoms. The first kappa shape index (κ1) is 19.5. The molecule has 2 rings (SSSR count). The van der Waals surface area contributed by atoms with Crippen molar-refractivity contribution in [3.05, 3.63) is 24.3 Å². The molecule has 1 aromatic rings. The highest BCUT2D eigenvalue weighted by atomic mass is 32.2. The maximum atomic E-state index is 11.8. The van der Waals surface area contributed by atoms with E-state index in [1.165, 1.54) is 6.07 Å². The molecule has 0 unspecified atom stereocenters. The van der Waals surface area contributed by atoms with Crippen molar-refractivity contribution in [3.63, 3.8) is 0 Å². The van der Waals surface area contributed by atoms with E-state index in [-0.39, 0.29) is 23.1 Å². The number of nitrogens with two attached hydrogens (primary N) is 1. The number of hydrogen-bond donors (Lipinski definition) is 3. The lowest BCUT2D eigenvalue weighted by Crippen LogP contribution is -2.42. The summed E-state index contributed by atoms with van der Waals surface area (Å²) in [5.41, 5.74) is 0.229. The topological polar surface area (TPSA) is 111 Å². The van der Waals surface area contributed by atoms with Gasteiger partial charge in [0.25, 0.3) is 0 Å². The second-order valence-corrected chi connectivity index (χ2v) is 8.97. The highest BCUT2D eigenvalue weighted by Gasteiger charge is 2.24. The van der Waals surface area contributed by atoms with Crippen molar-refractivity contribution in [1.82, 2.24) is 5.32 Å². The molecule has 0 saturated heterocycles. The van der Waals surface area contributed by atoms with Gasteiger partial charge >= 0.3 is 6.09 Å². The molecular weight excluding hydrogens is 342 g/mol. The van der Waals surface area contributed by atoms with Crippen molar-refractivity contribution >= 4 is 21.8 Å². The Morgan fingerprint density at radius 3 is 2.32 bits per heavy atom. The third-order valence-electron chi connectivity index (χ3n) is 3.98. The van der Waals surface area contributed by atoms with Gasteiger partial charge in [-0.1, -0.05) is 6.07 Å². The summed E-state index contributed by atoms with van der Waals surface area (Å²) in [5.74, 6) is 0. The largest absolute Gasteiger partial charge is 0.444 e. The molecular formula is C17H27N3O4S. The minimum Gasteiger partial charge on any atom is -0.444 e. The van der Waals surface area contributed by atoms with Crippen LogP contribution in [0.1, 0.15) is 46.5 Å². The summed E-state index contributed by atoms with van der Waals surface area (Å²) in [6.07, 6.45) is 3.04. The van der Waals surface area contributed by atoms with Gasteiger partial charge in [-0.2, -0.15) is 0 Å². The summed E-state index contributed by atoms with van der Waals surface area (Å²) >= 11 is 0. The normalized spacial score (nSPS) is 21.4. The summed E-state index contributed by atoms with van der Waals surface area (Å²) in [4.78, 5) is 11.9. The van der Waals surface area contributed by atoms with E-state index < -0.39 is 15.6 Å². The van der Waals surface area contributed by atoms with E-state index in [9.17, 15) is 13.2 Å². The lowest BCUT2D eigenvalue weighted by Gasteiger charge is -2.31. The quantitative estimate of drug-likeness (QED) is 0.755. The van der Waals surface area contributed by atoms with E-state index >= 15 is 0 Å². The van der Waals surface area contributed by atoms with Gasteiger partial charge in [0.15, 0.2) is 0 Å². The fourth-order valence-electron chi connectivity index (χ4n) is 2.85. The average Bonchev–Trinajstić information content (AvgIpc) is 2.47. The van der Waals surface area contributed by atoms with E-state index in [1.54, 1.807) is 12.1 Å². The number of anilines is 1. The SMILES string of the molecule is CC(C)(C)OC(=O)NC1CCC(Nc2cccc(S(N)(=O)=O)c2)CC1. The monoisotopic (exact) mass is 369 g/mol. The number of alkyl carbamates (subject to hydrolysis) is 1. The van der Waals surface area contributed by atoms with Gasteiger partial charge in [-0.3, -0.25) is 0 Å². The Hall–Kier alpha value is -1.80. The third kappa shape index (κ3) is 6.55. The molecule has 0 spiro atoms. The number of rotatable bonds is 4. The van der Waals surface area contributed by atoms with E-state index in [1.807, 2.05) is 26.8 Å². The number of carbonyl (C=O) groups excluding carboxylic acids is 1. The Balaban J connectivity index is 1.84. The number of amides is 1. The highest BCUT2D eigenvalue weighted by Crippen LogP contribution is 2.24. The van der Waals surface area contributed by atoms with Crippen LogP contribution in [0.15, 0.2) is 29.2 Å². The molecule has 140 valence electrons. The number of sulfonamides is 1. The lowest BCUT2D eigenvalue weighted by molar-refractivity contribution is 0.0492. The fourth-order valence-corrected chi connectivity index (χ4v) is 3.41. The molecule has 1 amide bonds. The molecule has 0 aliphatic heterocycles. The maximum absolute atomic E-state index is 11.8. The Morgan fingerprint density at radius 1 is 1.16 bits per heavy atom. The van der Waals surface area contributed by atoms with Crippen molar-refractivity contribution in [1.29, 1.82) is 0 Å². The van der Waals surface area contributed by atoms with Crippen LogP contribution in [0, 0.1) is 0 Å². The Morgan fingerprint density at radius 2 is 1.76 bits per heavy atom. The van der Waals surface area contributed by atoms with Crippen molar-refractivity contribution in [2.24, 2.45) is 5.14 Å². The molecule has 1 fully saturated rings. The zero-order chi connectivity index (χ0) is 18.7. The van der Waals surface area contributed by atoms with Gasteiger partial charge in [0.1, 0.15) is 5.60 Å². The van der Waals surface area contributed by atoms with Crippen LogP contribution in [0.25, 0.3) is 0 Å². The first-order valence-electron chi connectivity index (χ1n) is 8.42. The lowest BCUT2D eigenvalue weighted by atomic mass is 9.91. The van der Waals surface area contributed by atoms with Crippen LogP contribution >= 0.6 is 0 Å². The highest BCUT2D eigenvalue weighted by molar-refractivity contribution is 7.89. The van der Waals surface area contributed by atoms with Crippen LogP contribution in [0.3, 0.4) is 0 Å². The number of nitrogens with one attached hydrogen (secondary N) is 2. The molecule has 1 saturated carbocycles. The zero-order valence-electron chi connectivity index (χ0n) is 14.9. The van der Waals surface area contributed by atoms with Gasteiger partial charge in [0, 0.05) is 17.8 Å². The number of ether oxygens (including phenoxy) is 1. The van der Waals surface area contributed by atoms with Crippen LogP contribution in [-0.4, -0.2) is 32.2 Å². The predicted octanol–water partition coefficient (Wildman–Crippen LogP) is 2.58. The predicted molar refractivity (Wildman–Crippen MR) is 96.9 cm³/mol. The molecule has 0 radical (unpaired) electrons. The van der Waals surface area contributed by atoms with Gasteiger partial charge in [-0.05, 0) is 64.7 Å². The first-order valence-corrected chi connectivity index (χ1v) is 9.96. The van der Waals surface area contributed by atoms with Crippen LogP contribution < -0.4 is 15.8 Å². The van der Waals surface area contributed by atoms with Crippen LogP contribution in [0.4, 0.5) is 10.5 Å². The van der Waals surface area contributed by atoms with E-state index in [2.05, 4.69) is 10.6 Å². The average molecular weight is 369 g/mol. The van der Waals surface area contributed by atoms with Crippen LogP contribution in [-0.2, 0) is 14.8 Å². The van der Waals surface area contributed by atoms with Gasteiger partial charge in [0.2, 0.25) is 10.0 Å². The van der Waals surface area contributed by atoms with E-state index in [0.717, 1.165) is 31.4 Å². The standard InChI is InChI=1S/C17H27N3O4S/c1-17(2,3)24-16(21)20-13-9-7-12(8-10-13)19-14-5-4-6-15(11-14)25(18,22)23/h4-6,11-13,19H,7-10H2,1-3H3,(H,20,21)(H2,18,22,23). The summed E-state index contributed by atoms with van der Waals surface area (Å²) in [6.45, 7) is 5.51. The molecule has 1 aliphatic rings. The summed E-state index contributed by atoms with van der Waals surface area (Å²) in [6, 6.07) is 6.83. The van der Waals surface area contributed by atoms with Gasteiger partial charge in [-0.25, -0.2) is 18.4 Å². The van der Waals surface area contributed by atoms with Crippen molar-refractivity contribution in [2.75, 3.05) is 5.32 Å². The molecule has 1 aromatic carbocycles. The Kier molecular flexibility index (Phi) is 5.95. The molecule has 0 atom stereocenters. The number of primary sulfonamides is 1. The molecule has 4 N–H and O–H groups in total. The number of benzene rings is 1. The molecule has 7 nitrogen and oxygen atoms in total. The van der Waals surface area contributed by atoms with E-state index in [4.69, 9.17) is 9.88 Å². The molecule has 0 aromatic heterocycles. The second-order valence-electron chi connectivity index (χ2n) is 7.41. The van der Waals surface area contributed by atoms with Gasteiger partial charge < -0.3 is 15.4 Å². The van der Waals surface area contributed by atoms with Crippen LogP contribution in [0.2, 0.25) is 0 Å². The maximum Gasteiger partial charge on any atom is 0.407 e. The summed E-state index contributed by atoms with van der Waals surface area (Å²) in [7, 11) is -3.70. The van der Waals surface area contributed by atoms with Crippen LogP contribution in [0.5, 0.6) is 0 Å². The summed E-state index contributed by atoms with van der Waals surface area (Å²) < 4.78 is 28.1. The molecule has 25 heavy (non-hydrogen) atoms. The third-order valence-corrected chi connectivity index (χ3v) is 4.89. The number of carbonyl (C=O) groups is 1. The van der Waals surface area contributed by atoms with Gasteiger partial charge in [0.05, 0.1) is 4.90 Å². The molecule has 0 bridgehead atoms. The smallest absolute Gasteiger partial charge is 0.407 e. The Bertz CT molecular complexity index is 705. The fraction of sp³-hybridized carbons (Fsp3) is 0.588. The van der Waals surface area contributed by atoms with E-state index in [0.29, 0.717) is 0 Å². The van der Waals surface area contributed by atoms with Crippen molar-refractivity contribution in [2.45, 2.75) is 69.0 Å². The molecule has 0 heterocycles. The van der Waals surface area contributed by atoms with Crippen molar-refractivity contribution < 1.29 is 17.9 Å². The second kappa shape index (κ2) is 7.61. The van der Waals surface area contributed by atoms with Crippen molar-refractivity contribution in [3.8, 4) is 0 Å². The van der Waals surface area contributed by atoms with Gasteiger partial charge in [-0.15, -0.1) is 0 Å².